The molecule has 0 unspecified atom stereocenters. The van der Waals surface area contributed by atoms with Gasteiger partial charge >= 0.3 is 12.1 Å². The fourth-order valence-corrected chi connectivity index (χ4v) is 3.12. The summed E-state index contributed by atoms with van der Waals surface area (Å²) in [6, 6.07) is 0. The molecule has 27 heavy (non-hydrogen) atoms. The topological polar surface area (TPSA) is 26.3 Å². The van der Waals surface area contributed by atoms with Crippen LogP contribution in [0, 0.1) is 5.41 Å². The number of carbonyl (C=O) groups is 1. The van der Waals surface area contributed by atoms with E-state index >= 15 is 0 Å². The second-order valence-electron chi connectivity index (χ2n) is 7.38. The number of ether oxygens (including phenoxy) is 1. The first kappa shape index (κ1) is 23.0. The van der Waals surface area contributed by atoms with E-state index in [4.69, 9.17) is 0 Å². The normalized spacial score (nSPS) is 19.3. The van der Waals surface area contributed by atoms with Gasteiger partial charge in [0.15, 0.2) is 0 Å². The van der Waals surface area contributed by atoms with Crippen molar-refractivity contribution in [2.24, 2.45) is 5.41 Å². The maximum Gasteiger partial charge on any atom is 0.416 e. The van der Waals surface area contributed by atoms with Crippen LogP contribution in [0.4, 0.5) is 13.2 Å². The summed E-state index contributed by atoms with van der Waals surface area (Å²) < 4.78 is 43.5. The molecule has 0 radical (unpaired) electrons. The summed E-state index contributed by atoms with van der Waals surface area (Å²) in [5, 5.41) is 0. The Labute approximate surface area is 160 Å². The first-order chi connectivity index (χ1) is 12.5. The van der Waals surface area contributed by atoms with E-state index in [1.54, 1.807) is 6.08 Å². The zero-order valence-electron chi connectivity index (χ0n) is 16.7. The van der Waals surface area contributed by atoms with Crippen LogP contribution in [-0.4, -0.2) is 18.8 Å². The lowest BCUT2D eigenvalue weighted by Crippen LogP contribution is -2.19. The third kappa shape index (κ3) is 7.61. The van der Waals surface area contributed by atoms with Crippen molar-refractivity contribution in [3.63, 3.8) is 0 Å². The average molecular weight is 382 g/mol. The highest BCUT2D eigenvalue weighted by Gasteiger charge is 2.32. The van der Waals surface area contributed by atoms with E-state index < -0.39 is 17.7 Å². The van der Waals surface area contributed by atoms with Crippen molar-refractivity contribution < 1.29 is 22.7 Å². The number of alkyl halides is 3. The van der Waals surface area contributed by atoms with Crippen LogP contribution in [0.1, 0.15) is 53.9 Å². The van der Waals surface area contributed by atoms with Crippen LogP contribution < -0.4 is 0 Å². The number of halogens is 3. The molecule has 0 aromatic carbocycles. The van der Waals surface area contributed by atoms with Crippen LogP contribution in [0.2, 0.25) is 0 Å². The molecule has 1 aliphatic carbocycles. The number of hydrogen-bond donors (Lipinski definition) is 0. The van der Waals surface area contributed by atoms with Crippen molar-refractivity contribution in [2.75, 3.05) is 6.61 Å². The van der Waals surface area contributed by atoms with Gasteiger partial charge in [-0.3, -0.25) is 0 Å². The van der Waals surface area contributed by atoms with Gasteiger partial charge in [0.05, 0.1) is 12.2 Å². The van der Waals surface area contributed by atoms with Crippen LogP contribution in [0.15, 0.2) is 58.7 Å². The molecule has 0 saturated heterocycles. The Balaban J connectivity index is 2.94. The Hall–Kier alpha value is -2.04. The van der Waals surface area contributed by atoms with E-state index in [-0.39, 0.29) is 12.0 Å². The molecule has 0 atom stereocenters. The molecule has 0 bridgehead atoms. The Morgan fingerprint density at radius 3 is 2.48 bits per heavy atom. The zero-order valence-corrected chi connectivity index (χ0v) is 16.7. The van der Waals surface area contributed by atoms with Gasteiger partial charge < -0.3 is 4.74 Å². The quantitative estimate of drug-likeness (QED) is 0.293. The minimum absolute atomic E-state index is 0.0274. The molecule has 0 fully saturated rings. The molecule has 0 amide bonds. The van der Waals surface area contributed by atoms with Crippen LogP contribution in [0.3, 0.4) is 0 Å². The predicted octanol–water partition coefficient (Wildman–Crippen LogP) is 6.62. The van der Waals surface area contributed by atoms with E-state index in [0.29, 0.717) is 6.08 Å². The molecular weight excluding hydrogens is 353 g/mol. The van der Waals surface area contributed by atoms with Gasteiger partial charge in [0.25, 0.3) is 0 Å². The van der Waals surface area contributed by atoms with E-state index in [0.717, 1.165) is 24.5 Å². The monoisotopic (exact) mass is 382 g/mol. The van der Waals surface area contributed by atoms with Crippen LogP contribution in [0.25, 0.3) is 0 Å². The van der Waals surface area contributed by atoms with Gasteiger partial charge in [0.2, 0.25) is 0 Å². The van der Waals surface area contributed by atoms with Gasteiger partial charge in [-0.15, -0.1) is 0 Å². The molecule has 5 heteroatoms. The lowest BCUT2D eigenvalue weighted by atomic mass is 9.72. The molecule has 2 nitrogen and oxygen atoms in total. The number of esters is 1. The van der Waals surface area contributed by atoms with Gasteiger partial charge in [-0.05, 0) is 57.1 Å². The third-order valence-corrected chi connectivity index (χ3v) is 4.58. The van der Waals surface area contributed by atoms with Crippen molar-refractivity contribution >= 4 is 5.97 Å². The smallest absolute Gasteiger partial charge is 0.416 e. The van der Waals surface area contributed by atoms with Gasteiger partial charge in [0.1, 0.15) is 0 Å². The summed E-state index contributed by atoms with van der Waals surface area (Å²) in [4.78, 5) is 11.3. The highest BCUT2D eigenvalue weighted by molar-refractivity contribution is 5.83. The largest absolute Gasteiger partial charge is 0.463 e. The van der Waals surface area contributed by atoms with Crippen molar-refractivity contribution in [1.29, 1.82) is 0 Å². The summed E-state index contributed by atoms with van der Waals surface area (Å²) in [6.45, 7) is 9.95. The molecule has 1 rings (SSSR count). The Bertz CT molecular complexity index is 687. The maximum absolute atomic E-state index is 13.0. The Kier molecular flexibility index (Phi) is 8.32. The summed E-state index contributed by atoms with van der Waals surface area (Å²) in [6.07, 6.45) is 6.99. The lowest BCUT2D eigenvalue weighted by molar-refractivity contribution is -0.138. The standard InChI is InChI=1S/C22H29F3O2/c1-6-27-20(26)15-18(22(23,24)25)11-7-9-16(2)12-13-19-17(3)10-8-14-21(19,4)5/h7,9,11-13,15H,6,8,10,14H2,1-5H3/b11-7?,13-12?,16-9?,18-15-. The van der Waals surface area contributed by atoms with Crippen molar-refractivity contribution in [2.45, 2.75) is 60.1 Å². The van der Waals surface area contributed by atoms with Crippen LogP contribution in [-0.2, 0) is 9.53 Å². The minimum atomic E-state index is -4.62. The highest BCUT2D eigenvalue weighted by atomic mass is 19.4. The lowest BCUT2D eigenvalue weighted by Gasteiger charge is -2.32. The molecule has 0 aliphatic heterocycles. The highest BCUT2D eigenvalue weighted by Crippen LogP contribution is 2.40. The molecule has 0 saturated carbocycles. The number of rotatable bonds is 6. The maximum atomic E-state index is 13.0. The SMILES string of the molecule is CCOC(=O)/C=C(/C=CC=C(C)C=CC1=C(C)CCCC1(C)C)C(F)(F)F. The van der Waals surface area contributed by atoms with Gasteiger partial charge in [-0.2, -0.15) is 13.2 Å². The van der Waals surface area contributed by atoms with Crippen molar-refractivity contribution in [3.8, 4) is 0 Å². The Morgan fingerprint density at radius 1 is 1.26 bits per heavy atom. The fourth-order valence-electron chi connectivity index (χ4n) is 3.12. The molecule has 0 aromatic rings. The zero-order chi connectivity index (χ0) is 20.7. The molecule has 0 spiro atoms. The third-order valence-electron chi connectivity index (χ3n) is 4.58. The minimum Gasteiger partial charge on any atom is -0.463 e. The van der Waals surface area contributed by atoms with Gasteiger partial charge in [-0.25, -0.2) is 4.79 Å². The summed E-state index contributed by atoms with van der Waals surface area (Å²) in [5.41, 5.74) is 2.55. The fraction of sp³-hybridized carbons (Fsp3) is 0.500. The van der Waals surface area contributed by atoms with Crippen molar-refractivity contribution in [3.05, 3.63) is 58.7 Å². The molecule has 0 N–H and O–H groups in total. The van der Waals surface area contributed by atoms with E-state index in [1.807, 2.05) is 13.0 Å². The number of hydrogen-bond acceptors (Lipinski definition) is 2. The Morgan fingerprint density at radius 2 is 1.93 bits per heavy atom. The first-order valence-corrected chi connectivity index (χ1v) is 9.16. The second-order valence-corrected chi connectivity index (χ2v) is 7.38. The number of allylic oxidation sites excluding steroid dienone is 9. The van der Waals surface area contributed by atoms with E-state index in [2.05, 4.69) is 31.6 Å². The van der Waals surface area contributed by atoms with Crippen molar-refractivity contribution in [1.82, 2.24) is 0 Å². The van der Waals surface area contributed by atoms with Crippen LogP contribution >= 0.6 is 0 Å². The van der Waals surface area contributed by atoms with Gasteiger partial charge in [0, 0.05) is 6.08 Å². The molecule has 0 aromatic heterocycles. The average Bonchev–Trinajstić information content (AvgIpc) is 2.52. The first-order valence-electron chi connectivity index (χ1n) is 9.16. The summed E-state index contributed by atoms with van der Waals surface area (Å²) >= 11 is 0. The molecular formula is C22H29F3O2. The van der Waals surface area contributed by atoms with Gasteiger partial charge in [-0.1, -0.05) is 49.3 Å². The second kappa shape index (κ2) is 9.77. The molecule has 1 aliphatic rings. The van der Waals surface area contributed by atoms with E-state index in [9.17, 15) is 18.0 Å². The number of carbonyl (C=O) groups excluding carboxylic acids is 1. The van der Waals surface area contributed by atoms with Crippen LogP contribution in [0.5, 0.6) is 0 Å². The molecule has 150 valence electrons. The molecule has 0 heterocycles. The predicted molar refractivity (Wildman–Crippen MR) is 103 cm³/mol. The summed E-state index contributed by atoms with van der Waals surface area (Å²) in [5.74, 6) is -1.00. The summed E-state index contributed by atoms with van der Waals surface area (Å²) in [7, 11) is 0. The van der Waals surface area contributed by atoms with E-state index in [1.165, 1.54) is 30.6 Å².